The summed E-state index contributed by atoms with van der Waals surface area (Å²) < 4.78 is 1.43. The summed E-state index contributed by atoms with van der Waals surface area (Å²) in [6, 6.07) is 0. The zero-order chi connectivity index (χ0) is 14.0. The molecule has 2 rings (SSSR count). The van der Waals surface area contributed by atoms with Gasteiger partial charge in [0.05, 0.1) is 4.92 Å². The maximum Gasteiger partial charge on any atom is 0.330 e. The Morgan fingerprint density at radius 1 is 1.58 bits per heavy atom. The lowest BCUT2D eigenvalue weighted by Gasteiger charge is -2.30. The van der Waals surface area contributed by atoms with E-state index in [0.717, 1.165) is 12.8 Å². The number of carboxylic acid groups (broad SMARTS) is 1. The second-order valence-corrected chi connectivity index (χ2v) is 4.80. The third-order valence-electron chi connectivity index (χ3n) is 3.36. The predicted octanol–water partition coefficient (Wildman–Crippen LogP) is 1.02. The number of aromatic nitrogens is 2. The Hall–Kier alpha value is -2.12. The number of carbonyl (C=O) groups is 1. The number of piperidine rings is 1. The van der Waals surface area contributed by atoms with Gasteiger partial charge in [-0.2, -0.15) is 0 Å². The summed E-state index contributed by atoms with van der Waals surface area (Å²) in [6.07, 6.45) is 3.00. The van der Waals surface area contributed by atoms with E-state index < -0.39 is 10.9 Å². The number of nitrogens with zero attached hydrogens (tertiary/aromatic N) is 4. The van der Waals surface area contributed by atoms with Gasteiger partial charge in [0, 0.05) is 26.6 Å². The van der Waals surface area contributed by atoms with Crippen LogP contribution >= 0.6 is 0 Å². The number of hydrogen-bond donors (Lipinski definition) is 1. The summed E-state index contributed by atoms with van der Waals surface area (Å²) in [4.78, 5) is 23.0. The van der Waals surface area contributed by atoms with Gasteiger partial charge in [0.1, 0.15) is 6.20 Å². The van der Waals surface area contributed by atoms with Crippen molar-refractivity contribution >= 4 is 17.5 Å². The van der Waals surface area contributed by atoms with Crippen LogP contribution in [0.2, 0.25) is 0 Å². The highest BCUT2D eigenvalue weighted by Gasteiger charge is 2.28. The first-order valence-electron chi connectivity index (χ1n) is 6.12. The molecule has 19 heavy (non-hydrogen) atoms. The summed E-state index contributed by atoms with van der Waals surface area (Å²) in [7, 11) is 1.65. The van der Waals surface area contributed by atoms with E-state index in [1.807, 2.05) is 4.90 Å². The van der Waals surface area contributed by atoms with E-state index in [1.165, 1.54) is 10.9 Å². The molecule has 1 aliphatic heterocycles. The predicted molar refractivity (Wildman–Crippen MR) is 67.1 cm³/mol. The second-order valence-electron chi connectivity index (χ2n) is 4.80. The molecule has 0 spiro atoms. The molecule has 0 unspecified atom stereocenters. The molecule has 1 saturated heterocycles. The molecule has 0 radical (unpaired) electrons. The van der Waals surface area contributed by atoms with E-state index >= 15 is 0 Å². The van der Waals surface area contributed by atoms with Crippen LogP contribution in [0.15, 0.2) is 6.20 Å². The average molecular weight is 268 g/mol. The Morgan fingerprint density at radius 2 is 2.21 bits per heavy atom. The van der Waals surface area contributed by atoms with Crippen LogP contribution < -0.4 is 4.90 Å². The van der Waals surface area contributed by atoms with Crippen molar-refractivity contribution in [2.45, 2.75) is 19.3 Å². The fraction of sp³-hybridized carbons (Fsp3) is 0.636. The highest BCUT2D eigenvalue weighted by Crippen LogP contribution is 2.30. The van der Waals surface area contributed by atoms with Crippen LogP contribution in [0.1, 0.15) is 19.3 Å². The molecule has 1 aromatic heterocycles. The SMILES string of the molecule is Cn1cc([N+](=O)[O-])c(N2CCC(CC(=O)O)CC2)n1. The second kappa shape index (κ2) is 5.25. The van der Waals surface area contributed by atoms with Crippen LogP contribution in [-0.2, 0) is 11.8 Å². The fourth-order valence-electron chi connectivity index (χ4n) is 2.41. The van der Waals surface area contributed by atoms with Crippen molar-refractivity contribution in [1.29, 1.82) is 0 Å². The lowest BCUT2D eigenvalue weighted by atomic mass is 9.94. The van der Waals surface area contributed by atoms with Gasteiger partial charge in [-0.1, -0.05) is 0 Å². The molecule has 0 atom stereocenters. The van der Waals surface area contributed by atoms with Crippen molar-refractivity contribution in [2.24, 2.45) is 13.0 Å². The smallest absolute Gasteiger partial charge is 0.330 e. The molecule has 2 heterocycles. The van der Waals surface area contributed by atoms with Crippen molar-refractivity contribution in [2.75, 3.05) is 18.0 Å². The highest BCUT2D eigenvalue weighted by molar-refractivity contribution is 5.67. The van der Waals surface area contributed by atoms with Gasteiger partial charge in [-0.25, -0.2) is 0 Å². The Kier molecular flexibility index (Phi) is 3.68. The van der Waals surface area contributed by atoms with Crippen LogP contribution in [0.5, 0.6) is 0 Å². The quantitative estimate of drug-likeness (QED) is 0.646. The minimum atomic E-state index is -0.790. The largest absolute Gasteiger partial charge is 0.481 e. The minimum absolute atomic E-state index is 0.000755. The molecule has 8 nitrogen and oxygen atoms in total. The van der Waals surface area contributed by atoms with Crippen LogP contribution in [-0.4, -0.2) is 38.9 Å². The topological polar surface area (TPSA) is 102 Å². The Morgan fingerprint density at radius 3 is 2.74 bits per heavy atom. The Labute approximate surface area is 109 Å². The Balaban J connectivity index is 2.05. The summed E-state index contributed by atoms with van der Waals surface area (Å²) in [5, 5.41) is 23.8. The van der Waals surface area contributed by atoms with E-state index in [2.05, 4.69) is 5.10 Å². The van der Waals surface area contributed by atoms with Gasteiger partial charge < -0.3 is 10.0 Å². The minimum Gasteiger partial charge on any atom is -0.481 e. The fourth-order valence-corrected chi connectivity index (χ4v) is 2.41. The van der Waals surface area contributed by atoms with E-state index in [4.69, 9.17) is 5.11 Å². The first-order valence-corrected chi connectivity index (χ1v) is 6.12. The molecular formula is C11H16N4O4. The van der Waals surface area contributed by atoms with Gasteiger partial charge in [-0.05, 0) is 18.8 Å². The maximum absolute atomic E-state index is 10.9. The molecule has 0 aromatic carbocycles. The van der Waals surface area contributed by atoms with Gasteiger partial charge in [0.25, 0.3) is 0 Å². The van der Waals surface area contributed by atoms with E-state index in [0.29, 0.717) is 18.9 Å². The number of hydrogen-bond acceptors (Lipinski definition) is 5. The summed E-state index contributed by atoms with van der Waals surface area (Å²) in [5.74, 6) is -0.264. The van der Waals surface area contributed by atoms with Gasteiger partial charge in [-0.3, -0.25) is 19.6 Å². The molecular weight excluding hydrogens is 252 g/mol. The van der Waals surface area contributed by atoms with E-state index in [-0.39, 0.29) is 18.0 Å². The molecule has 1 fully saturated rings. The molecule has 104 valence electrons. The third-order valence-corrected chi connectivity index (χ3v) is 3.36. The summed E-state index contributed by atoms with van der Waals surface area (Å²) in [5.41, 5.74) is -0.000755. The lowest BCUT2D eigenvalue weighted by molar-refractivity contribution is -0.384. The average Bonchev–Trinajstić information content (AvgIpc) is 2.72. The van der Waals surface area contributed by atoms with Gasteiger partial charge in [-0.15, -0.1) is 5.10 Å². The lowest BCUT2D eigenvalue weighted by Crippen LogP contribution is -2.35. The van der Waals surface area contributed by atoms with Gasteiger partial charge in [0.15, 0.2) is 0 Å². The third kappa shape index (κ3) is 3.01. The number of aryl methyl sites for hydroxylation is 1. The van der Waals surface area contributed by atoms with Crippen molar-refractivity contribution < 1.29 is 14.8 Å². The Bertz CT molecular complexity index is 491. The summed E-state index contributed by atoms with van der Waals surface area (Å²) in [6.45, 7) is 1.21. The number of nitro groups is 1. The molecule has 1 aliphatic rings. The number of rotatable bonds is 4. The molecule has 0 saturated carbocycles. The van der Waals surface area contributed by atoms with Gasteiger partial charge in [0.2, 0.25) is 5.82 Å². The number of anilines is 1. The molecule has 1 aromatic rings. The van der Waals surface area contributed by atoms with Crippen molar-refractivity contribution in [1.82, 2.24) is 9.78 Å². The zero-order valence-electron chi connectivity index (χ0n) is 10.7. The van der Waals surface area contributed by atoms with Crippen LogP contribution in [0, 0.1) is 16.0 Å². The standard InChI is InChI=1S/C11H16N4O4/c1-13-7-9(15(18)19)11(12-13)14-4-2-8(3-5-14)6-10(16)17/h7-8H,2-6H2,1H3,(H,16,17). The first-order chi connectivity index (χ1) is 8.97. The van der Waals surface area contributed by atoms with Crippen LogP contribution in [0.4, 0.5) is 11.5 Å². The van der Waals surface area contributed by atoms with E-state index in [1.54, 1.807) is 7.05 Å². The first kappa shape index (κ1) is 13.3. The molecule has 0 bridgehead atoms. The number of aliphatic carboxylic acids is 1. The summed E-state index contributed by atoms with van der Waals surface area (Å²) >= 11 is 0. The maximum atomic E-state index is 10.9. The molecule has 8 heteroatoms. The number of carboxylic acids is 1. The van der Waals surface area contributed by atoms with Crippen molar-refractivity contribution in [3.05, 3.63) is 16.3 Å². The zero-order valence-corrected chi connectivity index (χ0v) is 10.7. The van der Waals surface area contributed by atoms with Crippen LogP contribution in [0.3, 0.4) is 0 Å². The molecule has 0 amide bonds. The normalized spacial score (nSPS) is 16.6. The van der Waals surface area contributed by atoms with Crippen molar-refractivity contribution in [3.63, 3.8) is 0 Å². The van der Waals surface area contributed by atoms with Crippen molar-refractivity contribution in [3.8, 4) is 0 Å². The highest BCUT2D eigenvalue weighted by atomic mass is 16.6. The monoisotopic (exact) mass is 268 g/mol. The van der Waals surface area contributed by atoms with Gasteiger partial charge >= 0.3 is 11.7 Å². The molecule has 1 N–H and O–H groups in total. The van der Waals surface area contributed by atoms with Crippen LogP contribution in [0.25, 0.3) is 0 Å². The molecule has 0 aliphatic carbocycles. The van der Waals surface area contributed by atoms with E-state index in [9.17, 15) is 14.9 Å².